The summed E-state index contributed by atoms with van der Waals surface area (Å²) in [5.74, 6) is -1.27. The van der Waals surface area contributed by atoms with Crippen molar-refractivity contribution in [1.82, 2.24) is 4.57 Å². The highest BCUT2D eigenvalue weighted by atomic mass is 16.6. The molecule has 0 aliphatic heterocycles. The van der Waals surface area contributed by atoms with Gasteiger partial charge in [-0.1, -0.05) is 12.1 Å². The molecule has 0 spiro atoms. The zero-order chi connectivity index (χ0) is 21.0. The van der Waals surface area contributed by atoms with Gasteiger partial charge in [-0.2, -0.15) is 0 Å². The number of aromatic nitrogens is 1. The average molecular weight is 388 g/mol. The SMILES string of the molecule is COC[C@H](C)n1c(C)cc(C(=O)COC(=O)c2cccc(C)c2[N+](=O)[O-])c1C. The van der Waals surface area contributed by atoms with Gasteiger partial charge in [0.05, 0.1) is 17.6 Å². The molecule has 2 rings (SSSR count). The van der Waals surface area contributed by atoms with Crippen LogP contribution in [0.5, 0.6) is 0 Å². The van der Waals surface area contributed by atoms with Crippen molar-refractivity contribution in [3.63, 3.8) is 0 Å². The Morgan fingerprint density at radius 2 is 1.89 bits per heavy atom. The minimum absolute atomic E-state index is 0.0454. The second-order valence-electron chi connectivity index (χ2n) is 6.69. The average Bonchev–Trinajstić information content (AvgIpc) is 2.93. The van der Waals surface area contributed by atoms with Crippen molar-refractivity contribution < 1.29 is 24.0 Å². The smallest absolute Gasteiger partial charge is 0.345 e. The van der Waals surface area contributed by atoms with Gasteiger partial charge in [-0.05, 0) is 39.8 Å². The van der Waals surface area contributed by atoms with E-state index in [1.54, 1.807) is 13.2 Å². The molecule has 28 heavy (non-hydrogen) atoms. The van der Waals surface area contributed by atoms with Gasteiger partial charge in [-0.15, -0.1) is 0 Å². The van der Waals surface area contributed by atoms with E-state index < -0.39 is 17.5 Å². The lowest BCUT2D eigenvalue weighted by atomic mass is 10.1. The highest BCUT2D eigenvalue weighted by molar-refractivity contribution is 6.01. The van der Waals surface area contributed by atoms with Crippen molar-refractivity contribution in [2.75, 3.05) is 20.3 Å². The molecule has 1 atom stereocenters. The standard InChI is InChI=1S/C20H24N2O6/c1-12-7-6-8-16(19(12)22(25)26)20(24)28-11-18(23)17-9-13(2)21(15(17)4)14(3)10-27-5/h6-9,14H,10-11H2,1-5H3/t14-/m0/s1. The molecule has 1 aromatic heterocycles. The van der Waals surface area contributed by atoms with Gasteiger partial charge in [0, 0.05) is 29.6 Å². The van der Waals surface area contributed by atoms with Crippen LogP contribution in [0, 0.1) is 30.9 Å². The number of nitro benzene ring substituents is 1. The number of hydrogen-bond donors (Lipinski definition) is 0. The number of ether oxygens (including phenoxy) is 2. The lowest BCUT2D eigenvalue weighted by molar-refractivity contribution is -0.385. The van der Waals surface area contributed by atoms with Crippen LogP contribution in [0.25, 0.3) is 0 Å². The Morgan fingerprint density at radius 3 is 2.50 bits per heavy atom. The number of carbonyl (C=O) groups excluding carboxylic acids is 2. The molecule has 2 aromatic rings. The van der Waals surface area contributed by atoms with E-state index in [9.17, 15) is 19.7 Å². The number of hydrogen-bond acceptors (Lipinski definition) is 6. The Kier molecular flexibility index (Phi) is 6.69. The van der Waals surface area contributed by atoms with Gasteiger partial charge in [-0.25, -0.2) is 4.79 Å². The van der Waals surface area contributed by atoms with Crippen molar-refractivity contribution in [3.05, 3.63) is 62.5 Å². The molecule has 1 heterocycles. The maximum Gasteiger partial charge on any atom is 0.345 e. The molecule has 0 amide bonds. The van der Waals surface area contributed by atoms with Gasteiger partial charge in [-0.3, -0.25) is 14.9 Å². The van der Waals surface area contributed by atoms with E-state index in [1.807, 2.05) is 25.3 Å². The molecule has 0 saturated heterocycles. The number of esters is 1. The van der Waals surface area contributed by atoms with E-state index in [2.05, 4.69) is 0 Å². The third-order valence-electron chi connectivity index (χ3n) is 4.61. The largest absolute Gasteiger partial charge is 0.454 e. The highest BCUT2D eigenvalue weighted by Gasteiger charge is 2.25. The van der Waals surface area contributed by atoms with E-state index in [4.69, 9.17) is 9.47 Å². The fourth-order valence-corrected chi connectivity index (χ4v) is 3.41. The molecule has 0 fully saturated rings. The first kappa shape index (κ1) is 21.3. The van der Waals surface area contributed by atoms with Gasteiger partial charge in [0.15, 0.2) is 6.61 Å². The zero-order valence-corrected chi connectivity index (χ0v) is 16.6. The maximum absolute atomic E-state index is 12.6. The first-order valence-corrected chi connectivity index (χ1v) is 8.80. The molecule has 0 saturated carbocycles. The molecule has 0 unspecified atom stereocenters. The fourth-order valence-electron chi connectivity index (χ4n) is 3.41. The van der Waals surface area contributed by atoms with Gasteiger partial charge in [0.2, 0.25) is 5.78 Å². The van der Waals surface area contributed by atoms with Crippen LogP contribution < -0.4 is 0 Å². The number of carbonyl (C=O) groups is 2. The number of Topliss-reactive ketones (excluding diaryl/α,β-unsaturated/α-hetero) is 1. The van der Waals surface area contributed by atoms with Crippen LogP contribution in [0.15, 0.2) is 24.3 Å². The van der Waals surface area contributed by atoms with Crippen LogP contribution in [-0.2, 0) is 9.47 Å². The Morgan fingerprint density at radius 1 is 1.21 bits per heavy atom. The number of ketones is 1. The molecule has 1 aromatic carbocycles. The topological polar surface area (TPSA) is 101 Å². The number of rotatable bonds is 8. The summed E-state index contributed by atoms with van der Waals surface area (Å²) >= 11 is 0. The quantitative estimate of drug-likeness (QED) is 0.297. The van der Waals surface area contributed by atoms with Crippen LogP contribution in [0.2, 0.25) is 0 Å². The number of benzene rings is 1. The molecular weight excluding hydrogens is 364 g/mol. The Hall–Kier alpha value is -3.00. The molecule has 0 aliphatic carbocycles. The molecular formula is C20H24N2O6. The molecule has 8 heteroatoms. The summed E-state index contributed by atoms with van der Waals surface area (Å²) in [4.78, 5) is 35.5. The second-order valence-corrected chi connectivity index (χ2v) is 6.69. The Bertz CT molecular complexity index is 916. The van der Waals surface area contributed by atoms with Crippen LogP contribution in [0.3, 0.4) is 0 Å². The van der Waals surface area contributed by atoms with Crippen LogP contribution in [0.1, 0.15) is 50.6 Å². The third-order valence-corrected chi connectivity index (χ3v) is 4.61. The number of methoxy groups -OCH3 is 1. The van der Waals surface area contributed by atoms with Crippen molar-refractivity contribution in [2.24, 2.45) is 0 Å². The van der Waals surface area contributed by atoms with Crippen molar-refractivity contribution in [3.8, 4) is 0 Å². The Balaban J connectivity index is 2.18. The van der Waals surface area contributed by atoms with Crippen LogP contribution in [0.4, 0.5) is 5.69 Å². The third kappa shape index (κ3) is 4.28. The summed E-state index contributed by atoms with van der Waals surface area (Å²) in [5, 5.41) is 11.2. The van der Waals surface area contributed by atoms with Gasteiger partial charge in [0.1, 0.15) is 5.56 Å². The minimum atomic E-state index is -0.898. The summed E-state index contributed by atoms with van der Waals surface area (Å²) < 4.78 is 12.2. The predicted molar refractivity (Wildman–Crippen MR) is 103 cm³/mol. The van der Waals surface area contributed by atoms with E-state index in [0.717, 1.165) is 11.4 Å². The molecule has 150 valence electrons. The van der Waals surface area contributed by atoms with Crippen molar-refractivity contribution >= 4 is 17.4 Å². The van der Waals surface area contributed by atoms with Gasteiger partial charge >= 0.3 is 5.97 Å². The van der Waals surface area contributed by atoms with E-state index in [1.165, 1.54) is 25.1 Å². The number of nitro groups is 1. The number of aryl methyl sites for hydroxylation is 2. The first-order valence-electron chi connectivity index (χ1n) is 8.80. The minimum Gasteiger partial charge on any atom is -0.454 e. The molecule has 0 radical (unpaired) electrons. The summed E-state index contributed by atoms with van der Waals surface area (Å²) in [7, 11) is 1.61. The second kappa shape index (κ2) is 8.79. The first-order chi connectivity index (χ1) is 13.2. The lowest BCUT2D eigenvalue weighted by Crippen LogP contribution is -2.17. The maximum atomic E-state index is 12.6. The van der Waals surface area contributed by atoms with Gasteiger partial charge < -0.3 is 14.0 Å². The summed E-state index contributed by atoms with van der Waals surface area (Å²) in [6, 6.07) is 6.18. The van der Waals surface area contributed by atoms with E-state index in [-0.39, 0.29) is 23.1 Å². The monoisotopic (exact) mass is 388 g/mol. The van der Waals surface area contributed by atoms with Crippen LogP contribution in [-0.4, -0.2) is 41.6 Å². The van der Waals surface area contributed by atoms with Crippen molar-refractivity contribution in [1.29, 1.82) is 0 Å². The normalized spacial score (nSPS) is 11.9. The summed E-state index contributed by atoms with van der Waals surface area (Å²) in [5.41, 5.74) is 1.97. The van der Waals surface area contributed by atoms with Crippen molar-refractivity contribution in [2.45, 2.75) is 33.7 Å². The Labute approximate surface area is 163 Å². The molecule has 0 N–H and O–H groups in total. The lowest BCUT2D eigenvalue weighted by Gasteiger charge is -2.17. The highest BCUT2D eigenvalue weighted by Crippen LogP contribution is 2.24. The van der Waals surface area contributed by atoms with Gasteiger partial charge in [0.25, 0.3) is 5.69 Å². The summed E-state index contributed by atoms with van der Waals surface area (Å²) in [6.45, 7) is 7.23. The molecule has 0 bridgehead atoms. The van der Waals surface area contributed by atoms with E-state index >= 15 is 0 Å². The predicted octanol–water partition coefficient (Wildman–Crippen LogP) is 3.57. The zero-order valence-electron chi connectivity index (χ0n) is 16.6. The van der Waals surface area contributed by atoms with Crippen LogP contribution >= 0.6 is 0 Å². The molecule has 8 nitrogen and oxygen atoms in total. The van der Waals surface area contributed by atoms with E-state index in [0.29, 0.717) is 17.7 Å². The molecule has 0 aliphatic rings. The summed E-state index contributed by atoms with van der Waals surface area (Å²) in [6.07, 6.45) is 0. The number of nitrogens with zero attached hydrogens (tertiary/aromatic N) is 2. The number of para-hydroxylation sites is 1. The fraction of sp³-hybridized carbons (Fsp3) is 0.400.